The van der Waals surface area contributed by atoms with Gasteiger partial charge < -0.3 is 10.0 Å². The van der Waals surface area contributed by atoms with E-state index in [0.717, 1.165) is 27.7 Å². The van der Waals surface area contributed by atoms with Crippen molar-refractivity contribution in [3.8, 4) is 0 Å². The molecule has 0 saturated heterocycles. The van der Waals surface area contributed by atoms with Gasteiger partial charge >= 0.3 is 5.97 Å². The van der Waals surface area contributed by atoms with Crippen LogP contribution in [-0.2, 0) is 17.8 Å². The molecule has 1 atom stereocenters. The van der Waals surface area contributed by atoms with Gasteiger partial charge in [0.2, 0.25) is 0 Å². The summed E-state index contributed by atoms with van der Waals surface area (Å²) in [5.74, 6) is -1.22. The van der Waals surface area contributed by atoms with Crippen molar-refractivity contribution in [1.29, 1.82) is 0 Å². The number of aryl methyl sites for hydroxylation is 1. The smallest absolute Gasteiger partial charge is 0.312 e. The number of hydrogen-bond donors (Lipinski definition) is 1. The van der Waals surface area contributed by atoms with Crippen LogP contribution in [0, 0.1) is 0 Å². The fraction of sp³-hybridized carbons (Fsp3) is 0.333. The predicted molar refractivity (Wildman–Crippen MR) is 84.4 cm³/mol. The Morgan fingerprint density at radius 3 is 3.10 bits per heavy atom. The molecule has 1 aliphatic carbocycles. The molecule has 0 aliphatic heterocycles. The molecule has 1 N–H and O–H groups in total. The first kappa shape index (κ1) is 14.4. The molecule has 0 fully saturated rings. The molecular formula is C15H15ClN2O2S. The summed E-state index contributed by atoms with van der Waals surface area (Å²) in [7, 11) is 1.96. The topological polar surface area (TPSA) is 53.4 Å². The van der Waals surface area contributed by atoms with Gasteiger partial charge in [0.15, 0.2) is 5.13 Å². The highest BCUT2D eigenvalue weighted by atomic mass is 35.5. The van der Waals surface area contributed by atoms with Gasteiger partial charge in [-0.3, -0.25) is 4.79 Å². The SMILES string of the molecule is CN(Cc1cccc(Cl)c1)c1nc2c(s1)CCC2C(=O)O. The maximum Gasteiger partial charge on any atom is 0.312 e. The molecule has 4 nitrogen and oxygen atoms in total. The van der Waals surface area contributed by atoms with Gasteiger partial charge in [0.1, 0.15) is 5.92 Å². The summed E-state index contributed by atoms with van der Waals surface area (Å²) >= 11 is 7.59. The Bertz CT molecular complexity index is 686. The summed E-state index contributed by atoms with van der Waals surface area (Å²) in [5.41, 5.74) is 1.86. The minimum atomic E-state index is -0.775. The molecule has 21 heavy (non-hydrogen) atoms. The maximum atomic E-state index is 11.2. The largest absolute Gasteiger partial charge is 0.481 e. The standard InChI is InChI=1S/C15H15ClN2O2S/c1-18(8-9-3-2-4-10(16)7-9)15-17-13-11(14(19)20)5-6-12(13)21-15/h2-4,7,11H,5-6,8H2,1H3,(H,19,20). The number of carboxylic acids is 1. The van der Waals surface area contributed by atoms with E-state index in [4.69, 9.17) is 11.6 Å². The molecule has 0 radical (unpaired) electrons. The number of thiazole rings is 1. The van der Waals surface area contributed by atoms with Crippen LogP contribution in [0.4, 0.5) is 5.13 Å². The number of aliphatic carboxylic acids is 1. The number of nitrogens with zero attached hydrogens (tertiary/aromatic N) is 2. The normalized spacial score (nSPS) is 16.8. The van der Waals surface area contributed by atoms with Gasteiger partial charge in [0.25, 0.3) is 0 Å². The lowest BCUT2D eigenvalue weighted by atomic mass is 10.1. The van der Waals surface area contributed by atoms with Crippen LogP contribution in [0.5, 0.6) is 0 Å². The van der Waals surface area contributed by atoms with Crippen LogP contribution in [0.2, 0.25) is 5.02 Å². The van der Waals surface area contributed by atoms with E-state index in [1.54, 1.807) is 11.3 Å². The average Bonchev–Trinajstić information content (AvgIpc) is 2.97. The average molecular weight is 323 g/mol. The lowest BCUT2D eigenvalue weighted by molar-refractivity contribution is -0.138. The zero-order valence-electron chi connectivity index (χ0n) is 11.5. The molecule has 2 aromatic rings. The number of carboxylic acid groups (broad SMARTS) is 1. The van der Waals surface area contributed by atoms with E-state index in [1.165, 1.54) is 0 Å². The summed E-state index contributed by atoms with van der Waals surface area (Å²) in [4.78, 5) is 18.9. The summed E-state index contributed by atoms with van der Waals surface area (Å²) in [6.07, 6.45) is 1.48. The summed E-state index contributed by atoms with van der Waals surface area (Å²) in [6.45, 7) is 0.699. The number of fused-ring (bicyclic) bond motifs is 1. The lowest BCUT2D eigenvalue weighted by Gasteiger charge is -2.16. The third-order valence-corrected chi connectivity index (χ3v) is 5.12. The van der Waals surface area contributed by atoms with Crippen molar-refractivity contribution in [2.45, 2.75) is 25.3 Å². The lowest BCUT2D eigenvalue weighted by Crippen LogP contribution is -2.16. The zero-order chi connectivity index (χ0) is 15.0. The second kappa shape index (κ2) is 5.66. The number of anilines is 1. The van der Waals surface area contributed by atoms with Gasteiger partial charge in [-0.15, -0.1) is 11.3 Å². The Morgan fingerprint density at radius 2 is 2.38 bits per heavy atom. The van der Waals surface area contributed by atoms with Crippen LogP contribution >= 0.6 is 22.9 Å². The van der Waals surface area contributed by atoms with Crippen LogP contribution in [0.25, 0.3) is 0 Å². The minimum Gasteiger partial charge on any atom is -0.481 e. The first-order chi connectivity index (χ1) is 10.0. The molecule has 1 heterocycles. The number of halogens is 1. The van der Waals surface area contributed by atoms with Crippen molar-refractivity contribution in [1.82, 2.24) is 4.98 Å². The third kappa shape index (κ3) is 2.89. The second-order valence-electron chi connectivity index (χ2n) is 5.22. The number of benzene rings is 1. The van der Waals surface area contributed by atoms with Gasteiger partial charge in [-0.1, -0.05) is 23.7 Å². The molecular weight excluding hydrogens is 308 g/mol. The molecule has 1 aromatic carbocycles. The Kier molecular flexibility index (Phi) is 3.87. The monoisotopic (exact) mass is 322 g/mol. The van der Waals surface area contributed by atoms with Crippen LogP contribution in [0.1, 0.15) is 28.5 Å². The molecule has 0 spiro atoms. The van der Waals surface area contributed by atoms with Crippen LogP contribution in [0.3, 0.4) is 0 Å². The quantitative estimate of drug-likeness (QED) is 0.935. The minimum absolute atomic E-state index is 0.440. The van der Waals surface area contributed by atoms with E-state index in [2.05, 4.69) is 4.98 Å². The van der Waals surface area contributed by atoms with Crippen molar-refractivity contribution in [2.24, 2.45) is 0 Å². The van der Waals surface area contributed by atoms with Crippen molar-refractivity contribution in [2.75, 3.05) is 11.9 Å². The Labute approximate surface area is 132 Å². The summed E-state index contributed by atoms with van der Waals surface area (Å²) < 4.78 is 0. The first-order valence-corrected chi connectivity index (χ1v) is 7.92. The van der Waals surface area contributed by atoms with E-state index in [1.807, 2.05) is 36.2 Å². The van der Waals surface area contributed by atoms with E-state index in [0.29, 0.717) is 18.0 Å². The Morgan fingerprint density at radius 1 is 1.57 bits per heavy atom. The number of hydrogen-bond acceptors (Lipinski definition) is 4. The highest BCUT2D eigenvalue weighted by Crippen LogP contribution is 2.39. The van der Waals surface area contributed by atoms with Gasteiger partial charge in [-0.05, 0) is 30.5 Å². The third-order valence-electron chi connectivity index (χ3n) is 3.64. The zero-order valence-corrected chi connectivity index (χ0v) is 13.1. The molecule has 110 valence electrons. The van der Waals surface area contributed by atoms with Crippen LogP contribution < -0.4 is 4.90 Å². The van der Waals surface area contributed by atoms with E-state index >= 15 is 0 Å². The van der Waals surface area contributed by atoms with Crippen LogP contribution in [-0.4, -0.2) is 23.1 Å². The molecule has 3 rings (SSSR count). The molecule has 0 amide bonds. The molecule has 0 saturated carbocycles. The highest BCUT2D eigenvalue weighted by molar-refractivity contribution is 7.15. The van der Waals surface area contributed by atoms with E-state index < -0.39 is 11.9 Å². The second-order valence-corrected chi connectivity index (χ2v) is 6.72. The van der Waals surface area contributed by atoms with Crippen molar-refractivity contribution in [3.05, 3.63) is 45.4 Å². The molecule has 1 unspecified atom stereocenters. The fourth-order valence-corrected chi connectivity index (χ4v) is 3.90. The van der Waals surface area contributed by atoms with E-state index in [9.17, 15) is 9.90 Å². The Hall–Kier alpha value is -1.59. The van der Waals surface area contributed by atoms with Gasteiger partial charge in [0, 0.05) is 23.5 Å². The van der Waals surface area contributed by atoms with Gasteiger partial charge in [0.05, 0.1) is 5.69 Å². The van der Waals surface area contributed by atoms with Crippen molar-refractivity contribution >= 4 is 34.0 Å². The summed E-state index contributed by atoms with van der Waals surface area (Å²) in [5, 5.41) is 10.8. The van der Waals surface area contributed by atoms with Gasteiger partial charge in [-0.2, -0.15) is 0 Å². The summed E-state index contributed by atoms with van der Waals surface area (Å²) in [6, 6.07) is 7.72. The number of carbonyl (C=O) groups is 1. The molecule has 0 bridgehead atoms. The predicted octanol–water partition coefficient (Wildman–Crippen LogP) is 3.55. The van der Waals surface area contributed by atoms with E-state index in [-0.39, 0.29) is 0 Å². The molecule has 1 aromatic heterocycles. The van der Waals surface area contributed by atoms with Crippen molar-refractivity contribution in [3.63, 3.8) is 0 Å². The first-order valence-electron chi connectivity index (χ1n) is 6.72. The Balaban J connectivity index is 1.79. The number of aromatic nitrogens is 1. The molecule has 1 aliphatic rings. The number of rotatable bonds is 4. The maximum absolute atomic E-state index is 11.2. The van der Waals surface area contributed by atoms with Gasteiger partial charge in [-0.25, -0.2) is 4.98 Å². The van der Waals surface area contributed by atoms with Crippen molar-refractivity contribution < 1.29 is 9.90 Å². The fourth-order valence-electron chi connectivity index (χ4n) is 2.59. The highest BCUT2D eigenvalue weighted by Gasteiger charge is 2.32. The molecule has 6 heteroatoms. The van der Waals surface area contributed by atoms with Crippen LogP contribution in [0.15, 0.2) is 24.3 Å².